The number of aromatic nitrogens is 1. The Hall–Kier alpha value is -1.78. The van der Waals surface area contributed by atoms with Crippen LogP contribution in [0.1, 0.15) is 11.3 Å². The summed E-state index contributed by atoms with van der Waals surface area (Å²) in [5.74, 6) is 0.882. The number of nitrogens with two attached hydrogens (primary N) is 1. The summed E-state index contributed by atoms with van der Waals surface area (Å²) in [6.07, 6.45) is 0. The summed E-state index contributed by atoms with van der Waals surface area (Å²) in [4.78, 5) is 5.94. The van der Waals surface area contributed by atoms with Crippen LogP contribution >= 0.6 is 23.1 Å². The van der Waals surface area contributed by atoms with Crippen molar-refractivity contribution in [3.63, 3.8) is 0 Å². The topological polar surface area (TPSA) is 38.9 Å². The Labute approximate surface area is 133 Å². The molecule has 2 N–H and O–H groups in total. The molecule has 0 aliphatic carbocycles. The molecule has 0 spiro atoms. The van der Waals surface area contributed by atoms with Gasteiger partial charge in [-0.25, -0.2) is 4.98 Å². The van der Waals surface area contributed by atoms with Gasteiger partial charge in [-0.15, -0.1) is 23.1 Å². The Bertz CT molecular complexity index is 736. The minimum Gasteiger partial charge on any atom is -0.399 e. The largest absolute Gasteiger partial charge is 0.399 e. The van der Waals surface area contributed by atoms with Crippen LogP contribution in [-0.2, 0) is 5.75 Å². The van der Waals surface area contributed by atoms with Gasteiger partial charge >= 0.3 is 0 Å². The molecule has 2 aromatic carbocycles. The molecule has 106 valence electrons. The molecule has 4 heteroatoms. The Balaban J connectivity index is 1.69. The first-order chi connectivity index (χ1) is 10.2. The van der Waals surface area contributed by atoms with Gasteiger partial charge in [0, 0.05) is 27.3 Å². The van der Waals surface area contributed by atoms with Gasteiger partial charge in [0.2, 0.25) is 0 Å². The van der Waals surface area contributed by atoms with Crippen LogP contribution < -0.4 is 5.73 Å². The average Bonchev–Trinajstić information content (AvgIpc) is 2.98. The molecule has 0 amide bonds. The van der Waals surface area contributed by atoms with Gasteiger partial charge in [-0.05, 0) is 30.7 Å². The van der Waals surface area contributed by atoms with Crippen LogP contribution in [0.5, 0.6) is 0 Å². The van der Waals surface area contributed by atoms with Gasteiger partial charge in [0.05, 0.1) is 5.69 Å². The van der Waals surface area contributed by atoms with E-state index in [1.165, 1.54) is 10.5 Å². The lowest BCUT2D eigenvalue weighted by atomic mass is 10.2. The summed E-state index contributed by atoms with van der Waals surface area (Å²) in [7, 11) is 0. The number of hydrogen-bond acceptors (Lipinski definition) is 4. The van der Waals surface area contributed by atoms with Crippen molar-refractivity contribution in [2.45, 2.75) is 17.6 Å². The SMILES string of the molecule is Cc1cc(SCc2csc(-c3ccccc3)n2)ccc1N. The van der Waals surface area contributed by atoms with Gasteiger partial charge in [0.1, 0.15) is 5.01 Å². The molecule has 2 nitrogen and oxygen atoms in total. The highest BCUT2D eigenvalue weighted by Crippen LogP contribution is 2.29. The lowest BCUT2D eigenvalue weighted by Gasteiger charge is -2.03. The first kappa shape index (κ1) is 14.2. The minimum atomic E-state index is 0.847. The number of thiazole rings is 1. The molecule has 1 aromatic heterocycles. The van der Waals surface area contributed by atoms with Gasteiger partial charge in [0.15, 0.2) is 0 Å². The van der Waals surface area contributed by atoms with E-state index in [0.29, 0.717) is 0 Å². The van der Waals surface area contributed by atoms with Crippen molar-refractivity contribution in [1.29, 1.82) is 0 Å². The minimum absolute atomic E-state index is 0.847. The number of nitrogens with zero attached hydrogens (tertiary/aromatic N) is 1. The van der Waals surface area contributed by atoms with E-state index < -0.39 is 0 Å². The molecule has 0 aliphatic heterocycles. The second-order valence-electron chi connectivity index (χ2n) is 4.82. The van der Waals surface area contributed by atoms with Crippen LogP contribution in [-0.4, -0.2) is 4.98 Å². The normalized spacial score (nSPS) is 10.7. The van der Waals surface area contributed by atoms with Crippen molar-refractivity contribution in [2.75, 3.05) is 5.73 Å². The van der Waals surface area contributed by atoms with E-state index in [4.69, 9.17) is 10.7 Å². The highest BCUT2D eigenvalue weighted by atomic mass is 32.2. The predicted molar refractivity (Wildman–Crippen MR) is 92.7 cm³/mol. The molecular formula is C17H16N2S2. The maximum absolute atomic E-state index is 5.84. The quantitative estimate of drug-likeness (QED) is 0.544. The van der Waals surface area contributed by atoms with E-state index >= 15 is 0 Å². The number of hydrogen-bond donors (Lipinski definition) is 1. The van der Waals surface area contributed by atoms with Crippen molar-refractivity contribution < 1.29 is 0 Å². The monoisotopic (exact) mass is 312 g/mol. The highest BCUT2D eigenvalue weighted by Gasteiger charge is 2.05. The fourth-order valence-corrected chi connectivity index (χ4v) is 3.80. The number of aryl methyl sites for hydroxylation is 1. The van der Waals surface area contributed by atoms with Crippen molar-refractivity contribution in [2.24, 2.45) is 0 Å². The van der Waals surface area contributed by atoms with Gasteiger partial charge in [-0.1, -0.05) is 30.3 Å². The third-order valence-electron chi connectivity index (χ3n) is 3.20. The molecule has 0 bridgehead atoms. The van der Waals surface area contributed by atoms with Crippen LogP contribution in [0, 0.1) is 6.92 Å². The second-order valence-corrected chi connectivity index (χ2v) is 6.72. The molecule has 3 rings (SSSR count). The Morgan fingerprint density at radius 3 is 2.71 bits per heavy atom. The molecule has 3 aromatic rings. The van der Waals surface area contributed by atoms with E-state index in [1.54, 1.807) is 23.1 Å². The summed E-state index contributed by atoms with van der Waals surface area (Å²) in [6.45, 7) is 2.04. The first-order valence-electron chi connectivity index (χ1n) is 6.71. The molecule has 0 radical (unpaired) electrons. The zero-order valence-corrected chi connectivity index (χ0v) is 13.4. The number of benzene rings is 2. The standard InChI is InChI=1S/C17H16N2S2/c1-12-9-15(7-8-16(12)18)20-10-14-11-21-17(19-14)13-5-3-2-4-6-13/h2-9,11H,10,18H2,1H3. The molecule has 0 fully saturated rings. The van der Waals surface area contributed by atoms with E-state index in [2.05, 4.69) is 29.6 Å². The number of rotatable bonds is 4. The zero-order chi connectivity index (χ0) is 14.7. The van der Waals surface area contributed by atoms with Crippen LogP contribution in [0.25, 0.3) is 10.6 Å². The van der Waals surface area contributed by atoms with Crippen LogP contribution in [0.4, 0.5) is 5.69 Å². The van der Waals surface area contributed by atoms with Crippen molar-refractivity contribution in [1.82, 2.24) is 4.98 Å². The van der Waals surface area contributed by atoms with E-state index in [9.17, 15) is 0 Å². The van der Waals surface area contributed by atoms with Gasteiger partial charge in [0.25, 0.3) is 0 Å². The molecule has 0 unspecified atom stereocenters. The second kappa shape index (κ2) is 6.33. The van der Waals surface area contributed by atoms with Gasteiger partial charge < -0.3 is 5.73 Å². The molecule has 21 heavy (non-hydrogen) atoms. The van der Waals surface area contributed by atoms with E-state index in [1.807, 2.05) is 31.2 Å². The summed E-state index contributed by atoms with van der Waals surface area (Å²) in [5.41, 5.74) is 10.1. The molecule has 1 heterocycles. The van der Waals surface area contributed by atoms with E-state index in [-0.39, 0.29) is 0 Å². The Morgan fingerprint density at radius 2 is 1.95 bits per heavy atom. The predicted octanol–water partition coefficient (Wildman–Crippen LogP) is 4.99. The smallest absolute Gasteiger partial charge is 0.123 e. The summed E-state index contributed by atoms with van der Waals surface area (Å²) < 4.78 is 0. The fourth-order valence-electron chi connectivity index (χ4n) is 1.98. The molecule has 0 aliphatic rings. The fraction of sp³-hybridized carbons (Fsp3) is 0.118. The Kier molecular flexibility index (Phi) is 4.27. The van der Waals surface area contributed by atoms with Crippen LogP contribution in [0.3, 0.4) is 0 Å². The summed E-state index contributed by atoms with van der Waals surface area (Å²) in [6, 6.07) is 16.5. The molecular weight excluding hydrogens is 296 g/mol. The molecule has 0 atom stereocenters. The highest BCUT2D eigenvalue weighted by molar-refractivity contribution is 7.98. The lowest BCUT2D eigenvalue weighted by Crippen LogP contribution is -1.89. The van der Waals surface area contributed by atoms with Gasteiger partial charge in [-0.2, -0.15) is 0 Å². The molecule has 0 saturated heterocycles. The first-order valence-corrected chi connectivity index (χ1v) is 8.57. The van der Waals surface area contributed by atoms with Crippen LogP contribution in [0.2, 0.25) is 0 Å². The number of thioether (sulfide) groups is 1. The summed E-state index contributed by atoms with van der Waals surface area (Å²) >= 11 is 3.49. The number of anilines is 1. The third-order valence-corrected chi connectivity index (χ3v) is 5.17. The van der Waals surface area contributed by atoms with Crippen molar-refractivity contribution in [3.05, 3.63) is 65.2 Å². The van der Waals surface area contributed by atoms with Crippen LogP contribution in [0.15, 0.2) is 58.8 Å². The zero-order valence-electron chi connectivity index (χ0n) is 11.7. The third kappa shape index (κ3) is 3.46. The maximum Gasteiger partial charge on any atom is 0.123 e. The lowest BCUT2D eigenvalue weighted by molar-refractivity contribution is 1.23. The van der Waals surface area contributed by atoms with Crippen molar-refractivity contribution in [3.8, 4) is 10.6 Å². The van der Waals surface area contributed by atoms with Gasteiger partial charge in [-0.3, -0.25) is 0 Å². The summed E-state index contributed by atoms with van der Waals surface area (Å²) in [5, 5.41) is 3.22. The number of nitrogen functional groups attached to an aromatic ring is 1. The van der Waals surface area contributed by atoms with E-state index in [0.717, 1.165) is 27.7 Å². The average molecular weight is 312 g/mol. The molecule has 0 saturated carbocycles. The van der Waals surface area contributed by atoms with Crippen molar-refractivity contribution >= 4 is 28.8 Å². The maximum atomic E-state index is 5.84. The Morgan fingerprint density at radius 1 is 1.14 bits per heavy atom.